The zero-order valence-electron chi connectivity index (χ0n) is 11.3. The minimum absolute atomic E-state index is 0.230. The Hall–Kier alpha value is -0.420. The lowest BCUT2D eigenvalue weighted by Gasteiger charge is -2.29. The molecule has 1 aromatic carbocycles. The number of nitrogens with one attached hydrogen (secondary N) is 1. The summed E-state index contributed by atoms with van der Waals surface area (Å²) < 4.78 is 1.12. The minimum Gasteiger partial charge on any atom is -0.395 e. The number of aliphatic hydroxyl groups excluding tert-OH is 1. The monoisotopic (exact) mass is 326 g/mol. The van der Waals surface area contributed by atoms with Gasteiger partial charge in [0, 0.05) is 24.1 Å². The van der Waals surface area contributed by atoms with Crippen molar-refractivity contribution in [3.05, 3.63) is 34.3 Å². The van der Waals surface area contributed by atoms with Gasteiger partial charge in [-0.2, -0.15) is 0 Å². The number of halogens is 1. The third kappa shape index (κ3) is 5.22. The van der Waals surface area contributed by atoms with Crippen LogP contribution in [0.2, 0.25) is 0 Å². The first kappa shape index (κ1) is 15.0. The molecule has 1 aliphatic rings. The lowest BCUT2D eigenvalue weighted by Crippen LogP contribution is -2.39. The van der Waals surface area contributed by atoms with E-state index in [2.05, 4.69) is 44.3 Å². The van der Waals surface area contributed by atoms with E-state index in [4.69, 9.17) is 0 Å². The van der Waals surface area contributed by atoms with Crippen LogP contribution in [0.4, 0.5) is 0 Å². The van der Waals surface area contributed by atoms with E-state index in [1.165, 1.54) is 18.4 Å². The first-order valence-electron chi connectivity index (χ1n) is 7.06. The summed E-state index contributed by atoms with van der Waals surface area (Å²) in [5.74, 6) is 0.715. The maximum absolute atomic E-state index is 9.23. The van der Waals surface area contributed by atoms with Crippen LogP contribution in [-0.4, -0.2) is 42.8 Å². The van der Waals surface area contributed by atoms with Crippen molar-refractivity contribution in [2.75, 3.05) is 32.8 Å². The van der Waals surface area contributed by atoms with Crippen LogP contribution in [-0.2, 0) is 6.54 Å². The maximum Gasteiger partial charge on any atom is 0.0558 e. The molecule has 3 nitrogen and oxygen atoms in total. The predicted molar refractivity (Wildman–Crippen MR) is 82.1 cm³/mol. The fourth-order valence-electron chi connectivity index (χ4n) is 2.71. The molecular formula is C15H23BrN2O. The number of nitrogens with zero attached hydrogens (tertiary/aromatic N) is 1. The zero-order valence-corrected chi connectivity index (χ0v) is 12.9. The molecule has 1 aromatic rings. The van der Waals surface area contributed by atoms with Gasteiger partial charge in [-0.15, -0.1) is 0 Å². The Morgan fingerprint density at radius 1 is 1.42 bits per heavy atom. The molecule has 0 aromatic heterocycles. The lowest BCUT2D eigenvalue weighted by atomic mass is 9.99. The van der Waals surface area contributed by atoms with Gasteiger partial charge in [0.25, 0.3) is 0 Å². The summed E-state index contributed by atoms with van der Waals surface area (Å²) in [5.41, 5.74) is 1.30. The molecule has 0 amide bonds. The number of hydrogen-bond donors (Lipinski definition) is 2. The average molecular weight is 327 g/mol. The number of benzene rings is 1. The second-order valence-corrected chi connectivity index (χ2v) is 6.22. The third-order valence-electron chi connectivity index (χ3n) is 3.63. The van der Waals surface area contributed by atoms with E-state index in [1.54, 1.807) is 0 Å². The molecule has 0 spiro atoms. The molecule has 1 atom stereocenters. The predicted octanol–water partition coefficient (Wildman–Crippen LogP) is 2.24. The third-order valence-corrected chi connectivity index (χ3v) is 4.12. The van der Waals surface area contributed by atoms with Gasteiger partial charge in [-0.05, 0) is 49.5 Å². The van der Waals surface area contributed by atoms with E-state index in [0.29, 0.717) is 5.92 Å². The largest absolute Gasteiger partial charge is 0.395 e. The van der Waals surface area contributed by atoms with Gasteiger partial charge in [-0.3, -0.25) is 4.90 Å². The summed E-state index contributed by atoms with van der Waals surface area (Å²) in [5, 5.41) is 12.7. The van der Waals surface area contributed by atoms with Gasteiger partial charge >= 0.3 is 0 Å². The molecule has 0 radical (unpaired) electrons. The van der Waals surface area contributed by atoms with Crippen LogP contribution in [0, 0.1) is 5.92 Å². The van der Waals surface area contributed by atoms with Gasteiger partial charge in [-0.25, -0.2) is 0 Å². The van der Waals surface area contributed by atoms with E-state index in [-0.39, 0.29) is 6.61 Å². The smallest absolute Gasteiger partial charge is 0.0558 e. The lowest BCUT2D eigenvalue weighted by molar-refractivity contribution is 0.158. The SMILES string of the molecule is OCCN(Cc1cccc(Br)c1)CC1CCCNC1. The van der Waals surface area contributed by atoms with Gasteiger partial charge in [0.1, 0.15) is 0 Å². The van der Waals surface area contributed by atoms with Crippen molar-refractivity contribution < 1.29 is 5.11 Å². The summed E-state index contributed by atoms with van der Waals surface area (Å²) in [7, 11) is 0. The van der Waals surface area contributed by atoms with Crippen molar-refractivity contribution in [3.8, 4) is 0 Å². The highest BCUT2D eigenvalue weighted by Gasteiger charge is 2.17. The molecule has 19 heavy (non-hydrogen) atoms. The van der Waals surface area contributed by atoms with Crippen LogP contribution in [0.5, 0.6) is 0 Å². The minimum atomic E-state index is 0.230. The van der Waals surface area contributed by atoms with Gasteiger partial charge in [-0.1, -0.05) is 28.1 Å². The number of aliphatic hydroxyl groups is 1. The highest BCUT2D eigenvalue weighted by Crippen LogP contribution is 2.16. The topological polar surface area (TPSA) is 35.5 Å². The Morgan fingerprint density at radius 2 is 2.32 bits per heavy atom. The maximum atomic E-state index is 9.23. The van der Waals surface area contributed by atoms with Crippen LogP contribution in [0.25, 0.3) is 0 Å². The molecule has 1 saturated heterocycles. The standard InChI is InChI=1S/C15H23BrN2O/c16-15-5-1-3-13(9-15)11-18(7-8-19)12-14-4-2-6-17-10-14/h1,3,5,9,14,17,19H,2,4,6-8,10-12H2. The van der Waals surface area contributed by atoms with E-state index in [1.807, 2.05) is 6.07 Å². The van der Waals surface area contributed by atoms with Crippen molar-refractivity contribution in [3.63, 3.8) is 0 Å². The van der Waals surface area contributed by atoms with Gasteiger partial charge in [0.05, 0.1) is 6.61 Å². The summed E-state index contributed by atoms with van der Waals surface area (Å²) in [6.07, 6.45) is 2.57. The van der Waals surface area contributed by atoms with Crippen molar-refractivity contribution in [2.24, 2.45) is 5.92 Å². The second-order valence-electron chi connectivity index (χ2n) is 5.30. The van der Waals surface area contributed by atoms with Crippen molar-refractivity contribution in [1.82, 2.24) is 10.2 Å². The highest BCUT2D eigenvalue weighted by atomic mass is 79.9. The molecule has 1 aliphatic heterocycles. The Labute approximate surface area is 124 Å². The van der Waals surface area contributed by atoms with E-state index in [9.17, 15) is 5.11 Å². The number of piperidine rings is 1. The summed E-state index contributed by atoms with van der Waals surface area (Å²) in [6, 6.07) is 8.42. The Morgan fingerprint density at radius 3 is 3.00 bits per heavy atom. The van der Waals surface area contributed by atoms with Crippen molar-refractivity contribution in [1.29, 1.82) is 0 Å². The second kappa shape index (κ2) is 8.00. The van der Waals surface area contributed by atoms with E-state index in [0.717, 1.165) is 37.2 Å². The zero-order chi connectivity index (χ0) is 13.5. The van der Waals surface area contributed by atoms with Crippen LogP contribution < -0.4 is 5.32 Å². The summed E-state index contributed by atoms with van der Waals surface area (Å²) in [4.78, 5) is 2.36. The van der Waals surface area contributed by atoms with Crippen LogP contribution in [0.15, 0.2) is 28.7 Å². The fourth-order valence-corrected chi connectivity index (χ4v) is 3.16. The first-order valence-corrected chi connectivity index (χ1v) is 7.85. The fraction of sp³-hybridized carbons (Fsp3) is 0.600. The van der Waals surface area contributed by atoms with Crippen LogP contribution >= 0.6 is 15.9 Å². The quantitative estimate of drug-likeness (QED) is 0.841. The molecule has 2 rings (SSSR count). The van der Waals surface area contributed by atoms with E-state index < -0.39 is 0 Å². The molecule has 106 valence electrons. The van der Waals surface area contributed by atoms with Gasteiger partial charge < -0.3 is 10.4 Å². The van der Waals surface area contributed by atoms with Gasteiger partial charge in [0.15, 0.2) is 0 Å². The average Bonchev–Trinajstić information content (AvgIpc) is 2.40. The van der Waals surface area contributed by atoms with Crippen molar-refractivity contribution >= 4 is 15.9 Å². The number of hydrogen-bond acceptors (Lipinski definition) is 3. The Kier molecular flexibility index (Phi) is 6.31. The molecule has 1 unspecified atom stereocenters. The summed E-state index contributed by atoms with van der Waals surface area (Å²) in [6.45, 7) is 5.23. The molecule has 0 aliphatic carbocycles. The molecule has 1 heterocycles. The highest BCUT2D eigenvalue weighted by molar-refractivity contribution is 9.10. The van der Waals surface area contributed by atoms with Crippen LogP contribution in [0.3, 0.4) is 0 Å². The summed E-state index contributed by atoms with van der Waals surface area (Å²) >= 11 is 3.51. The van der Waals surface area contributed by atoms with E-state index >= 15 is 0 Å². The molecule has 0 saturated carbocycles. The number of rotatable bonds is 6. The van der Waals surface area contributed by atoms with Crippen LogP contribution in [0.1, 0.15) is 18.4 Å². The molecule has 4 heteroatoms. The normalized spacial score (nSPS) is 19.8. The first-order chi connectivity index (χ1) is 9.28. The Bertz CT molecular complexity index is 380. The molecular weight excluding hydrogens is 304 g/mol. The molecule has 0 bridgehead atoms. The molecule has 1 fully saturated rings. The van der Waals surface area contributed by atoms with Gasteiger partial charge in [0.2, 0.25) is 0 Å². The molecule has 2 N–H and O–H groups in total. The Balaban J connectivity index is 1.91. The van der Waals surface area contributed by atoms with Crippen molar-refractivity contribution in [2.45, 2.75) is 19.4 Å².